The minimum absolute atomic E-state index is 0.0516. The first-order valence-corrected chi connectivity index (χ1v) is 13.2. The van der Waals surface area contributed by atoms with Crippen molar-refractivity contribution in [3.05, 3.63) is 65.5 Å². The molecule has 2 unspecified atom stereocenters. The molecule has 9 nitrogen and oxygen atoms in total. The number of methoxy groups -OCH3 is 1. The number of ether oxygens (including phenoxy) is 2. The highest BCUT2D eigenvalue weighted by atomic mass is 19.1. The average molecular weight is 528 g/mol. The van der Waals surface area contributed by atoms with Crippen molar-refractivity contribution in [1.82, 2.24) is 20.0 Å². The molecule has 0 aliphatic carbocycles. The lowest BCUT2D eigenvalue weighted by molar-refractivity contribution is -0.124. The van der Waals surface area contributed by atoms with Crippen molar-refractivity contribution in [2.75, 3.05) is 66.1 Å². The zero-order chi connectivity index (χ0) is 26.9. The molecule has 0 spiro atoms. The van der Waals surface area contributed by atoms with Gasteiger partial charge in [0.2, 0.25) is 5.91 Å². The van der Waals surface area contributed by atoms with E-state index in [9.17, 15) is 14.0 Å². The minimum atomic E-state index is -0.621. The maximum absolute atomic E-state index is 13.7. The number of rotatable bonds is 11. The van der Waals surface area contributed by atoms with Gasteiger partial charge < -0.3 is 25.4 Å². The Morgan fingerprint density at radius 1 is 1.18 bits per heavy atom. The Bertz CT molecular complexity index is 1060. The van der Waals surface area contributed by atoms with Gasteiger partial charge in [-0.25, -0.2) is 4.39 Å². The summed E-state index contributed by atoms with van der Waals surface area (Å²) in [5.41, 5.74) is 7.07. The number of likely N-dealkylation sites (tertiary alicyclic amines) is 1. The van der Waals surface area contributed by atoms with Gasteiger partial charge in [0, 0.05) is 64.0 Å². The van der Waals surface area contributed by atoms with Gasteiger partial charge >= 0.3 is 0 Å². The first-order valence-electron chi connectivity index (χ1n) is 13.2. The van der Waals surface area contributed by atoms with E-state index < -0.39 is 6.04 Å². The van der Waals surface area contributed by atoms with Crippen LogP contribution in [0.2, 0.25) is 0 Å². The van der Waals surface area contributed by atoms with Gasteiger partial charge in [-0.2, -0.15) is 0 Å². The van der Waals surface area contributed by atoms with Gasteiger partial charge in [0.1, 0.15) is 17.6 Å². The topological polar surface area (TPSA) is 100 Å². The van der Waals surface area contributed by atoms with Crippen molar-refractivity contribution < 1.29 is 23.5 Å². The molecule has 0 bridgehead atoms. The Morgan fingerprint density at radius 2 is 1.95 bits per heavy atom. The summed E-state index contributed by atoms with van der Waals surface area (Å²) in [4.78, 5) is 33.2. The normalized spacial score (nSPS) is 20.1. The van der Waals surface area contributed by atoms with Crippen LogP contribution in [0.1, 0.15) is 22.3 Å². The lowest BCUT2D eigenvalue weighted by Gasteiger charge is -2.33. The molecule has 206 valence electrons. The molecule has 3 N–H and O–H groups in total. The predicted octanol–water partition coefficient (Wildman–Crippen LogP) is 1.33. The van der Waals surface area contributed by atoms with Crippen LogP contribution < -0.4 is 15.8 Å². The molecule has 2 amide bonds. The van der Waals surface area contributed by atoms with Crippen molar-refractivity contribution in [3.63, 3.8) is 0 Å². The number of hydrogen-bond donors (Lipinski definition) is 2. The third-order valence-corrected chi connectivity index (χ3v) is 7.23. The van der Waals surface area contributed by atoms with Crippen molar-refractivity contribution >= 4 is 11.8 Å². The fourth-order valence-electron chi connectivity index (χ4n) is 5.10. The molecule has 4 rings (SSSR count). The highest BCUT2D eigenvalue weighted by Gasteiger charge is 2.42. The van der Waals surface area contributed by atoms with Crippen molar-refractivity contribution in [2.45, 2.75) is 25.0 Å². The van der Waals surface area contributed by atoms with Crippen LogP contribution in [-0.2, 0) is 16.1 Å². The van der Waals surface area contributed by atoms with Crippen molar-refractivity contribution in [2.24, 2.45) is 5.73 Å². The molecule has 10 heteroatoms. The van der Waals surface area contributed by atoms with Crippen LogP contribution in [0.4, 0.5) is 4.39 Å². The average Bonchev–Trinajstić information content (AvgIpc) is 3.40. The largest absolute Gasteiger partial charge is 0.497 e. The molecular formula is C28H38FN5O4. The molecule has 0 saturated carbocycles. The number of nitrogens with zero attached hydrogens (tertiary/aromatic N) is 3. The van der Waals surface area contributed by atoms with Crippen LogP contribution in [0.3, 0.4) is 0 Å². The zero-order valence-corrected chi connectivity index (χ0v) is 22.0. The van der Waals surface area contributed by atoms with Gasteiger partial charge in [-0.15, -0.1) is 0 Å². The third kappa shape index (κ3) is 7.28. The lowest BCUT2D eigenvalue weighted by Crippen LogP contribution is -2.47. The number of morpholine rings is 1. The summed E-state index contributed by atoms with van der Waals surface area (Å²) in [5.74, 6) is -0.112. The van der Waals surface area contributed by atoms with Crippen molar-refractivity contribution in [3.8, 4) is 5.75 Å². The fourth-order valence-corrected chi connectivity index (χ4v) is 5.10. The summed E-state index contributed by atoms with van der Waals surface area (Å²) in [6.45, 7) is 6.43. The number of halogens is 1. The maximum atomic E-state index is 13.7. The number of nitrogens with one attached hydrogen (secondary N) is 1. The van der Waals surface area contributed by atoms with Gasteiger partial charge in [-0.1, -0.05) is 18.2 Å². The Balaban J connectivity index is 1.56. The molecule has 2 aromatic rings. The molecule has 0 aromatic heterocycles. The predicted molar refractivity (Wildman–Crippen MR) is 142 cm³/mol. The monoisotopic (exact) mass is 527 g/mol. The number of benzene rings is 2. The molecule has 2 aliphatic rings. The minimum Gasteiger partial charge on any atom is -0.497 e. The van der Waals surface area contributed by atoms with E-state index in [-0.39, 0.29) is 23.7 Å². The SMILES string of the molecule is COc1cccc(C(=O)N2CC(N(CCN3CCOCC3)Cc3ccc(F)cc3)CC2C(=O)NCCN)c1. The summed E-state index contributed by atoms with van der Waals surface area (Å²) in [6.07, 6.45) is 0.496. The second kappa shape index (κ2) is 13.7. The van der Waals surface area contributed by atoms with E-state index in [2.05, 4.69) is 15.1 Å². The van der Waals surface area contributed by atoms with E-state index in [0.717, 1.165) is 31.7 Å². The fraction of sp³-hybridized carbons (Fsp3) is 0.500. The highest BCUT2D eigenvalue weighted by molar-refractivity contribution is 5.98. The quantitative estimate of drug-likeness (QED) is 0.455. The van der Waals surface area contributed by atoms with Crippen LogP contribution >= 0.6 is 0 Å². The van der Waals surface area contributed by atoms with E-state index in [4.69, 9.17) is 15.2 Å². The second-order valence-corrected chi connectivity index (χ2v) is 9.73. The van der Waals surface area contributed by atoms with E-state index in [1.165, 1.54) is 12.1 Å². The molecule has 0 radical (unpaired) electrons. The molecule has 2 heterocycles. The van der Waals surface area contributed by atoms with Gasteiger partial charge in [0.15, 0.2) is 0 Å². The molecule has 2 aliphatic heterocycles. The van der Waals surface area contributed by atoms with Gasteiger partial charge in [-0.05, 0) is 42.3 Å². The third-order valence-electron chi connectivity index (χ3n) is 7.23. The molecule has 2 fully saturated rings. The van der Waals surface area contributed by atoms with Crippen molar-refractivity contribution in [1.29, 1.82) is 0 Å². The lowest BCUT2D eigenvalue weighted by atomic mass is 10.1. The smallest absolute Gasteiger partial charge is 0.254 e. The summed E-state index contributed by atoms with van der Waals surface area (Å²) >= 11 is 0. The zero-order valence-electron chi connectivity index (χ0n) is 22.0. The molecule has 38 heavy (non-hydrogen) atoms. The first kappa shape index (κ1) is 28.0. The number of amides is 2. The Hall–Kier alpha value is -3.05. The van der Waals surface area contributed by atoms with Crippen LogP contribution in [0.5, 0.6) is 5.75 Å². The highest BCUT2D eigenvalue weighted by Crippen LogP contribution is 2.27. The van der Waals surface area contributed by atoms with Gasteiger partial charge in [0.25, 0.3) is 5.91 Å². The summed E-state index contributed by atoms with van der Waals surface area (Å²) in [7, 11) is 1.56. The summed E-state index contributed by atoms with van der Waals surface area (Å²) in [5, 5.41) is 2.87. The molecular weight excluding hydrogens is 489 g/mol. The Labute approximate surface area is 223 Å². The van der Waals surface area contributed by atoms with Gasteiger partial charge in [0.05, 0.1) is 20.3 Å². The van der Waals surface area contributed by atoms with Crippen LogP contribution in [0, 0.1) is 5.82 Å². The van der Waals surface area contributed by atoms with E-state index >= 15 is 0 Å². The summed E-state index contributed by atoms with van der Waals surface area (Å²) in [6, 6.07) is 12.8. The summed E-state index contributed by atoms with van der Waals surface area (Å²) < 4.78 is 24.4. The van der Waals surface area contributed by atoms with E-state index in [0.29, 0.717) is 57.1 Å². The van der Waals surface area contributed by atoms with Crippen LogP contribution in [0.25, 0.3) is 0 Å². The Kier molecular flexibility index (Phi) is 10.1. The first-order chi connectivity index (χ1) is 18.5. The maximum Gasteiger partial charge on any atom is 0.254 e. The number of nitrogens with two attached hydrogens (primary N) is 1. The Morgan fingerprint density at radius 3 is 2.66 bits per heavy atom. The van der Waals surface area contributed by atoms with Gasteiger partial charge in [-0.3, -0.25) is 19.4 Å². The molecule has 2 aromatic carbocycles. The van der Waals surface area contributed by atoms with Crippen LogP contribution in [0.15, 0.2) is 48.5 Å². The number of hydrogen-bond acceptors (Lipinski definition) is 7. The second-order valence-electron chi connectivity index (χ2n) is 9.73. The number of carbonyl (C=O) groups excluding carboxylic acids is 2. The van der Waals surface area contributed by atoms with E-state index in [1.54, 1.807) is 48.4 Å². The standard InChI is InChI=1S/C28H38FN5O4/c1-37-25-4-2-3-22(17-25)28(36)34-20-24(18-26(34)27(35)31-10-9-30)33(12-11-32-13-15-38-16-14-32)19-21-5-7-23(29)8-6-21/h2-8,17,24,26H,9-16,18-20,30H2,1H3,(H,31,35). The van der Waals surface area contributed by atoms with Crippen LogP contribution in [-0.4, -0.2) is 105 Å². The van der Waals surface area contributed by atoms with E-state index in [1.807, 2.05) is 0 Å². The molecule has 2 saturated heterocycles. The molecule has 2 atom stereocenters. The number of carbonyl (C=O) groups is 2.